The molecule has 1 aliphatic heterocycles. The van der Waals surface area contributed by atoms with Crippen LogP contribution in [-0.4, -0.2) is 16.1 Å². The Morgan fingerprint density at radius 2 is 2.38 bits per heavy atom. The van der Waals surface area contributed by atoms with Crippen LogP contribution in [0.1, 0.15) is 32.3 Å². The SMILES string of the molecule is CCc1cn2c(n1)CNCC2(C)C. The average Bonchev–Trinajstić information content (AvgIpc) is 2.48. The molecule has 0 bridgehead atoms. The van der Waals surface area contributed by atoms with Crippen LogP contribution in [0, 0.1) is 0 Å². The van der Waals surface area contributed by atoms with E-state index in [0.29, 0.717) is 0 Å². The number of aromatic nitrogens is 2. The van der Waals surface area contributed by atoms with Crippen molar-refractivity contribution in [2.24, 2.45) is 0 Å². The first-order valence-electron chi connectivity index (χ1n) is 4.92. The lowest BCUT2D eigenvalue weighted by Crippen LogP contribution is -2.43. The van der Waals surface area contributed by atoms with Crippen LogP contribution in [0.3, 0.4) is 0 Å². The Morgan fingerprint density at radius 1 is 1.62 bits per heavy atom. The third-order valence-corrected chi connectivity index (χ3v) is 2.68. The number of hydrogen-bond donors (Lipinski definition) is 1. The van der Waals surface area contributed by atoms with Gasteiger partial charge in [-0.15, -0.1) is 0 Å². The number of aryl methyl sites for hydroxylation is 1. The van der Waals surface area contributed by atoms with Gasteiger partial charge >= 0.3 is 0 Å². The molecule has 1 aromatic heterocycles. The van der Waals surface area contributed by atoms with Gasteiger partial charge in [-0.3, -0.25) is 0 Å². The number of imidazole rings is 1. The highest BCUT2D eigenvalue weighted by Crippen LogP contribution is 2.21. The average molecular weight is 179 g/mol. The van der Waals surface area contributed by atoms with Gasteiger partial charge in [0.2, 0.25) is 0 Å². The van der Waals surface area contributed by atoms with Crippen molar-refractivity contribution in [1.82, 2.24) is 14.9 Å². The Kier molecular flexibility index (Phi) is 1.91. The third kappa shape index (κ3) is 1.37. The summed E-state index contributed by atoms with van der Waals surface area (Å²) >= 11 is 0. The van der Waals surface area contributed by atoms with Crippen LogP contribution >= 0.6 is 0 Å². The highest BCUT2D eigenvalue weighted by Gasteiger charge is 2.27. The van der Waals surface area contributed by atoms with Crippen LogP contribution in [0.4, 0.5) is 0 Å². The fourth-order valence-corrected chi connectivity index (χ4v) is 1.86. The summed E-state index contributed by atoms with van der Waals surface area (Å²) in [4.78, 5) is 4.57. The third-order valence-electron chi connectivity index (χ3n) is 2.68. The molecular formula is C10H17N3. The molecule has 1 N–H and O–H groups in total. The van der Waals surface area contributed by atoms with Crippen LogP contribution in [0.25, 0.3) is 0 Å². The van der Waals surface area contributed by atoms with Crippen LogP contribution in [0.15, 0.2) is 6.20 Å². The fourth-order valence-electron chi connectivity index (χ4n) is 1.86. The van der Waals surface area contributed by atoms with Gasteiger partial charge in [0.05, 0.1) is 17.8 Å². The van der Waals surface area contributed by atoms with E-state index in [4.69, 9.17) is 0 Å². The van der Waals surface area contributed by atoms with E-state index in [1.54, 1.807) is 0 Å². The predicted molar refractivity (Wildman–Crippen MR) is 52.6 cm³/mol. The molecule has 13 heavy (non-hydrogen) atoms. The second-order valence-electron chi connectivity index (χ2n) is 4.29. The van der Waals surface area contributed by atoms with Crippen molar-refractivity contribution in [3.63, 3.8) is 0 Å². The minimum atomic E-state index is 0.175. The van der Waals surface area contributed by atoms with Crippen molar-refractivity contribution in [1.29, 1.82) is 0 Å². The molecule has 1 aromatic rings. The number of nitrogens with zero attached hydrogens (tertiary/aromatic N) is 2. The van der Waals surface area contributed by atoms with Crippen LogP contribution in [0.2, 0.25) is 0 Å². The highest BCUT2D eigenvalue weighted by atomic mass is 15.2. The van der Waals surface area contributed by atoms with Crippen molar-refractivity contribution in [2.75, 3.05) is 6.54 Å². The first kappa shape index (κ1) is 8.75. The summed E-state index contributed by atoms with van der Waals surface area (Å²) in [6.45, 7) is 8.56. The molecule has 0 saturated heterocycles. The Morgan fingerprint density at radius 3 is 3.00 bits per heavy atom. The van der Waals surface area contributed by atoms with E-state index in [-0.39, 0.29) is 5.54 Å². The summed E-state index contributed by atoms with van der Waals surface area (Å²) in [7, 11) is 0. The normalized spacial score (nSPS) is 19.9. The molecular weight excluding hydrogens is 162 g/mol. The maximum absolute atomic E-state index is 4.57. The quantitative estimate of drug-likeness (QED) is 0.704. The molecule has 0 radical (unpaired) electrons. The molecule has 0 atom stereocenters. The summed E-state index contributed by atoms with van der Waals surface area (Å²) in [5.41, 5.74) is 1.38. The van der Waals surface area contributed by atoms with Crippen LogP contribution in [-0.2, 0) is 18.5 Å². The van der Waals surface area contributed by atoms with Gasteiger partial charge < -0.3 is 9.88 Å². The van der Waals surface area contributed by atoms with Gasteiger partial charge in [-0.25, -0.2) is 4.98 Å². The second-order valence-corrected chi connectivity index (χ2v) is 4.29. The van der Waals surface area contributed by atoms with Crippen LogP contribution in [0.5, 0.6) is 0 Å². The van der Waals surface area contributed by atoms with E-state index in [0.717, 1.165) is 19.5 Å². The molecule has 0 spiro atoms. The van der Waals surface area contributed by atoms with E-state index in [1.807, 2.05) is 0 Å². The molecule has 1 aliphatic rings. The Bertz CT molecular complexity index is 312. The largest absolute Gasteiger partial charge is 0.327 e. The Hall–Kier alpha value is -0.830. The van der Waals surface area contributed by atoms with E-state index in [2.05, 4.69) is 41.8 Å². The topological polar surface area (TPSA) is 29.9 Å². The summed E-state index contributed by atoms with van der Waals surface area (Å²) in [6.07, 6.45) is 3.21. The fraction of sp³-hybridized carbons (Fsp3) is 0.700. The van der Waals surface area contributed by atoms with Gasteiger partial charge in [0, 0.05) is 12.7 Å². The van der Waals surface area contributed by atoms with Crippen molar-refractivity contribution < 1.29 is 0 Å². The molecule has 3 heteroatoms. The van der Waals surface area contributed by atoms with Crippen molar-refractivity contribution in [3.8, 4) is 0 Å². The monoisotopic (exact) mass is 179 g/mol. The van der Waals surface area contributed by atoms with Gasteiger partial charge in [-0.1, -0.05) is 6.92 Å². The summed E-state index contributed by atoms with van der Waals surface area (Å²) in [5, 5.41) is 3.39. The molecule has 0 amide bonds. The molecule has 0 aliphatic carbocycles. The van der Waals surface area contributed by atoms with Gasteiger partial charge in [-0.05, 0) is 20.3 Å². The van der Waals surface area contributed by atoms with Crippen molar-refractivity contribution in [2.45, 2.75) is 39.3 Å². The maximum Gasteiger partial charge on any atom is 0.123 e. The second kappa shape index (κ2) is 2.84. The van der Waals surface area contributed by atoms with E-state index >= 15 is 0 Å². The standard InChI is InChI=1S/C10H17N3/c1-4-8-6-13-9(12-8)5-11-7-10(13,2)3/h6,11H,4-5,7H2,1-3H3. The molecule has 72 valence electrons. The Balaban J connectivity index is 2.44. The first-order valence-corrected chi connectivity index (χ1v) is 4.92. The van der Waals surface area contributed by atoms with Gasteiger partial charge in [0.25, 0.3) is 0 Å². The summed E-state index contributed by atoms with van der Waals surface area (Å²) in [5.74, 6) is 1.17. The smallest absolute Gasteiger partial charge is 0.123 e. The molecule has 2 rings (SSSR count). The summed E-state index contributed by atoms with van der Waals surface area (Å²) in [6, 6.07) is 0. The van der Waals surface area contributed by atoms with Crippen molar-refractivity contribution in [3.05, 3.63) is 17.7 Å². The zero-order chi connectivity index (χ0) is 9.47. The van der Waals surface area contributed by atoms with Gasteiger partial charge in [0.15, 0.2) is 0 Å². The van der Waals surface area contributed by atoms with Crippen molar-refractivity contribution >= 4 is 0 Å². The number of hydrogen-bond acceptors (Lipinski definition) is 2. The lowest BCUT2D eigenvalue weighted by molar-refractivity contribution is 0.286. The number of rotatable bonds is 1. The molecule has 0 aromatic carbocycles. The number of nitrogens with one attached hydrogen (secondary N) is 1. The molecule has 0 fully saturated rings. The molecule has 0 unspecified atom stereocenters. The molecule has 2 heterocycles. The first-order chi connectivity index (χ1) is 6.13. The highest BCUT2D eigenvalue weighted by molar-refractivity contribution is 5.10. The molecule has 3 nitrogen and oxygen atoms in total. The molecule has 0 saturated carbocycles. The van der Waals surface area contributed by atoms with E-state index < -0.39 is 0 Å². The minimum Gasteiger partial charge on any atom is -0.327 e. The lowest BCUT2D eigenvalue weighted by atomic mass is 10.0. The predicted octanol–water partition coefficient (Wildman–Crippen LogP) is 1.28. The van der Waals surface area contributed by atoms with Crippen LogP contribution < -0.4 is 5.32 Å². The minimum absolute atomic E-state index is 0.175. The van der Waals surface area contributed by atoms with E-state index in [9.17, 15) is 0 Å². The Labute approximate surface area is 79.2 Å². The zero-order valence-electron chi connectivity index (χ0n) is 8.59. The summed E-state index contributed by atoms with van der Waals surface area (Å²) < 4.78 is 2.31. The number of fused-ring (bicyclic) bond motifs is 1. The zero-order valence-corrected chi connectivity index (χ0v) is 8.59. The van der Waals surface area contributed by atoms with Gasteiger partial charge in [0.1, 0.15) is 5.82 Å². The lowest BCUT2D eigenvalue weighted by Gasteiger charge is -2.33. The van der Waals surface area contributed by atoms with E-state index in [1.165, 1.54) is 11.5 Å². The maximum atomic E-state index is 4.57. The van der Waals surface area contributed by atoms with Gasteiger partial charge in [-0.2, -0.15) is 0 Å².